The molecule has 0 saturated carbocycles. The molecule has 0 saturated heterocycles. The molecule has 146 valence electrons. The van der Waals surface area contributed by atoms with E-state index in [-0.39, 0.29) is 0 Å². The summed E-state index contributed by atoms with van der Waals surface area (Å²) in [5.74, 6) is 0. The van der Waals surface area contributed by atoms with Gasteiger partial charge in [0.1, 0.15) is 5.58 Å². The largest absolute Gasteiger partial charge is 0.422 e. The van der Waals surface area contributed by atoms with Gasteiger partial charge in [0.15, 0.2) is 0 Å². The molecule has 0 aliphatic heterocycles. The van der Waals surface area contributed by atoms with Crippen LogP contribution in [0.4, 0.5) is 5.13 Å². The van der Waals surface area contributed by atoms with Gasteiger partial charge >= 0.3 is 5.63 Å². The molecule has 0 bridgehead atoms. The van der Waals surface area contributed by atoms with E-state index in [4.69, 9.17) is 4.42 Å². The molecule has 30 heavy (non-hydrogen) atoms. The molecule has 0 aliphatic carbocycles. The van der Waals surface area contributed by atoms with Gasteiger partial charge in [-0.05, 0) is 29.8 Å². The predicted octanol–water partition coefficient (Wildman–Crippen LogP) is 5.91. The number of benzene rings is 3. The van der Waals surface area contributed by atoms with E-state index >= 15 is 0 Å². The molecule has 2 aromatic heterocycles. The normalized spacial score (nSPS) is 11.8. The topological polar surface area (TPSA) is 67.5 Å². The molecule has 5 rings (SSSR count). The van der Waals surface area contributed by atoms with E-state index < -0.39 is 5.63 Å². The van der Waals surface area contributed by atoms with Crippen molar-refractivity contribution in [2.45, 2.75) is 6.92 Å². The van der Waals surface area contributed by atoms with Crippen LogP contribution in [-0.4, -0.2) is 10.7 Å². The summed E-state index contributed by atoms with van der Waals surface area (Å²) in [6.07, 6.45) is 0. The third-order valence-electron chi connectivity index (χ3n) is 4.92. The Hall–Kier alpha value is -3.77. The van der Waals surface area contributed by atoms with Crippen molar-refractivity contribution in [2.24, 2.45) is 5.10 Å². The number of hydrogen-bond donors (Lipinski definition) is 1. The molecule has 3 aromatic carbocycles. The van der Waals surface area contributed by atoms with Gasteiger partial charge in [0.25, 0.3) is 0 Å². The van der Waals surface area contributed by atoms with Crippen LogP contribution in [0, 0.1) is 0 Å². The Morgan fingerprint density at radius 2 is 1.77 bits per heavy atom. The van der Waals surface area contributed by atoms with Gasteiger partial charge in [0, 0.05) is 16.3 Å². The van der Waals surface area contributed by atoms with Crippen molar-refractivity contribution < 1.29 is 4.42 Å². The molecule has 0 radical (unpaired) electrons. The zero-order chi connectivity index (χ0) is 20.5. The van der Waals surface area contributed by atoms with Gasteiger partial charge in [-0.15, -0.1) is 11.3 Å². The molecule has 0 spiro atoms. The van der Waals surface area contributed by atoms with Gasteiger partial charge in [-0.3, -0.25) is 5.43 Å². The first-order chi connectivity index (χ1) is 14.7. The maximum atomic E-state index is 12.4. The third-order valence-corrected chi connectivity index (χ3v) is 5.67. The third kappa shape index (κ3) is 3.38. The fourth-order valence-electron chi connectivity index (χ4n) is 3.42. The highest BCUT2D eigenvalue weighted by molar-refractivity contribution is 7.14. The van der Waals surface area contributed by atoms with Gasteiger partial charge in [0.2, 0.25) is 5.13 Å². The number of nitrogens with zero attached hydrogens (tertiary/aromatic N) is 2. The van der Waals surface area contributed by atoms with Gasteiger partial charge in [-0.2, -0.15) is 5.10 Å². The Kier molecular flexibility index (Phi) is 4.61. The second-order valence-electron chi connectivity index (χ2n) is 6.86. The van der Waals surface area contributed by atoms with Crippen LogP contribution < -0.4 is 11.1 Å². The Labute approximate surface area is 176 Å². The number of aromatic nitrogens is 1. The number of hydrogen-bond acceptors (Lipinski definition) is 6. The van der Waals surface area contributed by atoms with Gasteiger partial charge in [0.05, 0.1) is 17.0 Å². The molecule has 5 nitrogen and oxygen atoms in total. The van der Waals surface area contributed by atoms with Crippen LogP contribution in [0.25, 0.3) is 33.0 Å². The summed E-state index contributed by atoms with van der Waals surface area (Å²) in [5, 5.41) is 10.1. The lowest BCUT2D eigenvalue weighted by Crippen LogP contribution is -2.03. The molecule has 0 amide bonds. The summed E-state index contributed by atoms with van der Waals surface area (Å²) in [5.41, 5.74) is 6.11. The smallest absolute Gasteiger partial charge is 0.345 e. The van der Waals surface area contributed by atoms with Crippen molar-refractivity contribution in [1.29, 1.82) is 0 Å². The Morgan fingerprint density at radius 3 is 2.67 bits per heavy atom. The maximum absolute atomic E-state index is 12.4. The zero-order valence-corrected chi connectivity index (χ0v) is 16.9. The molecular formula is C24H17N3O2S. The van der Waals surface area contributed by atoms with Crippen molar-refractivity contribution in [3.8, 4) is 11.3 Å². The van der Waals surface area contributed by atoms with E-state index in [0.717, 1.165) is 22.0 Å². The van der Waals surface area contributed by atoms with Crippen LogP contribution in [0.1, 0.15) is 12.5 Å². The van der Waals surface area contributed by atoms with Gasteiger partial charge in [-0.1, -0.05) is 60.7 Å². The van der Waals surface area contributed by atoms with Crippen molar-refractivity contribution in [2.75, 3.05) is 5.43 Å². The van der Waals surface area contributed by atoms with E-state index in [1.807, 2.05) is 54.8 Å². The fourth-order valence-corrected chi connectivity index (χ4v) is 4.07. The van der Waals surface area contributed by atoms with Crippen LogP contribution in [0.2, 0.25) is 0 Å². The van der Waals surface area contributed by atoms with Gasteiger partial charge in [-0.25, -0.2) is 9.78 Å². The quantitative estimate of drug-likeness (QED) is 0.227. The first-order valence-corrected chi connectivity index (χ1v) is 10.3. The van der Waals surface area contributed by atoms with E-state index in [0.29, 0.717) is 22.0 Å². The summed E-state index contributed by atoms with van der Waals surface area (Å²) in [6.45, 7) is 1.96. The molecule has 0 atom stereocenters. The van der Waals surface area contributed by atoms with E-state index in [2.05, 4.69) is 39.8 Å². The van der Waals surface area contributed by atoms with Crippen LogP contribution in [-0.2, 0) is 0 Å². The second kappa shape index (κ2) is 7.57. The zero-order valence-electron chi connectivity index (χ0n) is 16.1. The Morgan fingerprint density at radius 1 is 1.00 bits per heavy atom. The average Bonchev–Trinajstić information content (AvgIpc) is 3.25. The average molecular weight is 411 g/mol. The lowest BCUT2D eigenvalue weighted by atomic mass is 10.0. The van der Waals surface area contributed by atoms with Crippen LogP contribution >= 0.6 is 11.3 Å². The highest BCUT2D eigenvalue weighted by atomic mass is 32.1. The molecule has 5 aromatic rings. The highest BCUT2D eigenvalue weighted by Crippen LogP contribution is 2.25. The van der Waals surface area contributed by atoms with E-state index in [1.54, 1.807) is 6.07 Å². The summed E-state index contributed by atoms with van der Waals surface area (Å²) in [7, 11) is 0. The lowest BCUT2D eigenvalue weighted by molar-refractivity contribution is 0.563. The number of para-hydroxylation sites is 1. The molecule has 0 fully saturated rings. The first-order valence-electron chi connectivity index (χ1n) is 9.46. The number of hydrazone groups is 1. The van der Waals surface area contributed by atoms with E-state index in [9.17, 15) is 4.79 Å². The van der Waals surface area contributed by atoms with Gasteiger partial charge < -0.3 is 4.42 Å². The highest BCUT2D eigenvalue weighted by Gasteiger charge is 2.11. The first kappa shape index (κ1) is 18.3. The molecular weight excluding hydrogens is 394 g/mol. The van der Waals surface area contributed by atoms with Crippen LogP contribution in [0.3, 0.4) is 0 Å². The fraction of sp³-hybridized carbons (Fsp3) is 0.0417. The molecule has 2 heterocycles. The van der Waals surface area contributed by atoms with Crippen LogP contribution in [0.15, 0.2) is 92.5 Å². The minimum Gasteiger partial charge on any atom is -0.422 e. The minimum atomic E-state index is -0.402. The minimum absolute atomic E-state index is 0.402. The number of nitrogens with one attached hydrogen (secondary N) is 1. The molecule has 6 heteroatoms. The summed E-state index contributed by atoms with van der Waals surface area (Å²) in [4.78, 5) is 16.9. The van der Waals surface area contributed by atoms with Crippen molar-refractivity contribution in [1.82, 2.24) is 4.98 Å². The second-order valence-corrected chi connectivity index (χ2v) is 7.72. The standard InChI is InChI=1S/C24H17N3O2S/c1-15(18-11-6-9-16-7-2-4-10-19(16)18)26-27-24-25-21(14-30-24)20-13-17-8-3-5-12-22(17)29-23(20)28/h2-14H,1H3,(H,25,27). The van der Waals surface area contributed by atoms with Crippen molar-refractivity contribution in [3.63, 3.8) is 0 Å². The summed E-state index contributed by atoms with van der Waals surface area (Å²) in [6, 6.07) is 23.6. The molecule has 1 N–H and O–H groups in total. The SMILES string of the molecule is CC(=NNc1nc(-c2cc3ccccc3oc2=O)cs1)c1cccc2ccccc12. The Bertz CT molecular complexity index is 1460. The number of anilines is 1. The molecule has 0 aliphatic rings. The number of rotatable bonds is 4. The Balaban J connectivity index is 1.44. The number of thiazole rings is 1. The monoisotopic (exact) mass is 411 g/mol. The van der Waals surface area contributed by atoms with Crippen LogP contribution in [0.5, 0.6) is 0 Å². The van der Waals surface area contributed by atoms with Crippen molar-refractivity contribution >= 4 is 43.9 Å². The summed E-state index contributed by atoms with van der Waals surface area (Å²) >= 11 is 1.39. The summed E-state index contributed by atoms with van der Waals surface area (Å²) < 4.78 is 5.41. The number of fused-ring (bicyclic) bond motifs is 2. The van der Waals surface area contributed by atoms with E-state index in [1.165, 1.54) is 16.7 Å². The lowest BCUT2D eigenvalue weighted by Gasteiger charge is -2.06. The van der Waals surface area contributed by atoms with Crippen molar-refractivity contribution in [3.05, 3.63) is 94.2 Å². The maximum Gasteiger partial charge on any atom is 0.345 e. The predicted molar refractivity (Wildman–Crippen MR) is 123 cm³/mol. The molecule has 0 unspecified atom stereocenters.